The lowest BCUT2D eigenvalue weighted by Crippen LogP contribution is -2.45. The Hall–Kier alpha value is -10.1. The largest absolute Gasteiger partial charge is 0.481 e. The maximum atomic E-state index is 13.4. The van der Waals surface area contributed by atoms with Crippen molar-refractivity contribution in [2.24, 2.45) is 29.6 Å². The average Bonchev–Trinajstić information content (AvgIpc) is 1.67. The number of benzene rings is 5. The van der Waals surface area contributed by atoms with Crippen LogP contribution in [0, 0.1) is 111 Å². The number of esters is 2. The first-order chi connectivity index (χ1) is 57.6. The molecule has 3 N–H and O–H groups in total. The molecule has 6 fully saturated rings. The number of methoxy groups -OCH3 is 2. The molecule has 121 heavy (non-hydrogen) atoms. The molecule has 34 heteroatoms. The monoisotopic (exact) mass is 1830 g/mol. The quantitative estimate of drug-likeness (QED) is 0.0224. The highest BCUT2D eigenvalue weighted by atomic mass is 79.9. The summed E-state index contributed by atoms with van der Waals surface area (Å²) in [6.45, 7) is 10.3. The number of para-hydroxylation sites is 1. The smallest absolute Gasteiger partial charge is 0.319 e. The maximum Gasteiger partial charge on any atom is 0.319 e. The Morgan fingerprint density at radius 2 is 0.851 bits per heavy atom. The highest BCUT2D eigenvalue weighted by Gasteiger charge is 2.37. The number of fused-ring (bicyclic) bond motifs is 1. The highest BCUT2D eigenvalue weighted by molar-refractivity contribution is 9.10. The number of piperidine rings is 5. The van der Waals surface area contributed by atoms with E-state index in [4.69, 9.17) is 15.1 Å². The van der Waals surface area contributed by atoms with Gasteiger partial charge < -0.3 is 53.9 Å². The fourth-order valence-electron chi connectivity index (χ4n) is 14.6. The van der Waals surface area contributed by atoms with Crippen molar-refractivity contribution < 1.29 is 115 Å². The van der Waals surface area contributed by atoms with E-state index in [2.05, 4.69) is 82.5 Å². The fourth-order valence-corrected chi connectivity index (χ4v) is 15.9. The lowest BCUT2D eigenvalue weighted by molar-refractivity contribution is -0.146. The van der Waals surface area contributed by atoms with Crippen molar-refractivity contribution in [3.63, 3.8) is 0 Å². The summed E-state index contributed by atoms with van der Waals surface area (Å²) in [7, 11) is 2.66. The molecule has 6 aliphatic heterocycles. The Morgan fingerprint density at radius 3 is 1.17 bits per heavy atom. The van der Waals surface area contributed by atoms with E-state index in [1.807, 2.05) is 6.07 Å². The van der Waals surface area contributed by atoms with Crippen LogP contribution in [0.1, 0.15) is 131 Å². The van der Waals surface area contributed by atoms with Gasteiger partial charge in [0.1, 0.15) is 9.65 Å². The summed E-state index contributed by atoms with van der Waals surface area (Å²) < 4.78 is 172. The van der Waals surface area contributed by atoms with Gasteiger partial charge in [0, 0.05) is 120 Å². The standard InChI is InChI=1S/C30H32F3N3O3.C17H17BrF3NO3.C17H18F3NO3.C16H15BrF3NO3.C5H10O.C2H3N/c31-25-15-19(16-26(32)29(25)33)5-6-28(37)36-13-9-21(10-14-36)24(30(38)39)18-35-11-7-20(8-12-35)23-17-34-27-4-2-1-3-22(23)27;1-25-17(24)15(18)11-4-6-22(7-5-11)14(23)3-2-10-8-12(19)16(21)13(20)9-10;1-24-16(23)10-11-4-6-21(7-5-11)15(22)3-2-12-8-13(18)17(20)14(19)9-12;17-14(16(23)24)10-3-5-21(6-4-10)13(22)2-1-9-7-11(18)15(20)12(19)8-9;1-5-3-2-4-6-5;1-2-3/h1-6,15-17,20-21,24,34H,7-14,18H2,(H,38,39);2-3,8-9,11,15H,4-7H2,1H3;2-3,8-9,11H,4-7,10H2,1H3;1-2,7-8,10,14H,3-6H2,(H,23,24);5H,2-4H2,1H3;1H3/b6-5+;2*3-2+;2-1+;;. The number of hydrogen-bond acceptors (Lipinski definition) is 13. The highest BCUT2D eigenvalue weighted by Crippen LogP contribution is 2.36. The minimum Gasteiger partial charge on any atom is -0.481 e. The summed E-state index contributed by atoms with van der Waals surface area (Å²) in [4.78, 5) is 106. The number of amides is 4. The second kappa shape index (κ2) is 48.5. The molecule has 7 heterocycles. The van der Waals surface area contributed by atoms with Crippen LogP contribution in [0.3, 0.4) is 0 Å². The van der Waals surface area contributed by atoms with Crippen LogP contribution in [0.15, 0.2) is 103 Å². The average molecular weight is 1830 g/mol. The van der Waals surface area contributed by atoms with Crippen LogP contribution >= 0.6 is 31.9 Å². The molecular weight excluding hydrogens is 1740 g/mol. The zero-order valence-corrected chi connectivity index (χ0v) is 70.0. The number of rotatable bonds is 19. The van der Waals surface area contributed by atoms with Gasteiger partial charge in [-0.25, -0.2) is 52.7 Å². The molecule has 5 aromatic carbocycles. The molecule has 6 aliphatic rings. The number of aliphatic carboxylic acids is 2. The first-order valence-corrected chi connectivity index (χ1v) is 41.0. The molecule has 0 aliphatic carbocycles. The lowest BCUT2D eigenvalue weighted by Gasteiger charge is -2.38. The third-order valence-electron chi connectivity index (χ3n) is 21.5. The molecule has 0 bridgehead atoms. The summed E-state index contributed by atoms with van der Waals surface area (Å²) >= 11 is 6.43. The molecule has 4 unspecified atom stereocenters. The van der Waals surface area contributed by atoms with Crippen LogP contribution in [0.5, 0.6) is 0 Å². The SMILES string of the molecule is CC#N.CC1CCCO1.COC(=O)C(Br)C1CCN(C(=O)/C=C/c2cc(F)c(F)c(F)c2)CC1.COC(=O)CC1CCN(C(=O)/C=C/c2cc(F)c(F)c(F)c2)CC1.O=C(O)C(Br)C1CCN(C(=O)/C=C/c2cc(F)c(F)c(F)c2)CC1.O=C(O)C(CN1CCC(c2c[nH]c3ccccc23)CC1)C1CCN(C(=O)/C=C/c2cc(F)c(F)c(F)c2)CC1. The fraction of sp³-hybridized carbons (Fsp3) is 0.437. The molecule has 6 aromatic rings. The number of hydrogen-bond donors (Lipinski definition) is 3. The molecule has 0 saturated carbocycles. The van der Waals surface area contributed by atoms with E-state index < -0.39 is 97.3 Å². The minimum absolute atomic E-state index is 0.0397. The summed E-state index contributed by atoms with van der Waals surface area (Å²) in [5, 5.41) is 27.5. The summed E-state index contributed by atoms with van der Waals surface area (Å²) in [5.74, 6) is -20.2. The van der Waals surface area contributed by atoms with Gasteiger partial charge in [0.15, 0.2) is 69.8 Å². The number of ether oxygens (including phenoxy) is 3. The van der Waals surface area contributed by atoms with Crippen molar-refractivity contribution in [1.82, 2.24) is 29.5 Å². The summed E-state index contributed by atoms with van der Waals surface area (Å²) in [5.41, 5.74) is 2.70. The number of alkyl halides is 2. The summed E-state index contributed by atoms with van der Waals surface area (Å²) in [6, 6.07) is 16.6. The van der Waals surface area contributed by atoms with Crippen LogP contribution in [0.25, 0.3) is 35.2 Å². The van der Waals surface area contributed by atoms with E-state index in [-0.39, 0.29) is 81.5 Å². The van der Waals surface area contributed by atoms with E-state index >= 15 is 0 Å². The molecule has 0 radical (unpaired) electrons. The zero-order valence-electron chi connectivity index (χ0n) is 66.9. The van der Waals surface area contributed by atoms with E-state index in [1.54, 1.807) is 20.8 Å². The van der Waals surface area contributed by atoms with Gasteiger partial charge in [0.2, 0.25) is 23.6 Å². The van der Waals surface area contributed by atoms with Gasteiger partial charge in [-0.3, -0.25) is 38.4 Å². The number of nitrogens with one attached hydrogen (secondary N) is 1. The van der Waals surface area contributed by atoms with Gasteiger partial charge in [-0.2, -0.15) is 5.26 Å². The second-order valence-electron chi connectivity index (χ2n) is 29.6. The van der Waals surface area contributed by atoms with Gasteiger partial charge in [-0.15, -0.1) is 0 Å². The Balaban J connectivity index is 0.000000219. The van der Waals surface area contributed by atoms with Crippen molar-refractivity contribution in [3.05, 3.63) is 201 Å². The number of carbonyl (C=O) groups excluding carboxylic acids is 6. The lowest BCUT2D eigenvalue weighted by atomic mass is 9.82. The third kappa shape index (κ3) is 29.9. The third-order valence-corrected chi connectivity index (χ3v) is 23.8. The van der Waals surface area contributed by atoms with E-state index in [1.165, 1.54) is 92.4 Å². The first-order valence-electron chi connectivity index (χ1n) is 39.2. The molecule has 4 atom stereocenters. The number of nitrogens with zero attached hydrogens (tertiary/aromatic N) is 6. The molecule has 1 aromatic heterocycles. The van der Waals surface area contributed by atoms with Crippen molar-refractivity contribution in [3.8, 4) is 6.07 Å². The summed E-state index contributed by atoms with van der Waals surface area (Å²) in [6.07, 6.45) is 22.1. The number of carboxylic acids is 2. The molecule has 654 valence electrons. The van der Waals surface area contributed by atoms with Gasteiger partial charge in [0.05, 0.1) is 32.3 Å². The number of halogens is 14. The van der Waals surface area contributed by atoms with Gasteiger partial charge in [-0.05, 0) is 233 Å². The Labute approximate surface area is 709 Å². The molecular formula is C87H95Br2F12N7O13. The number of likely N-dealkylation sites (tertiary alicyclic amines) is 5. The number of aromatic amines is 1. The van der Waals surface area contributed by atoms with Crippen molar-refractivity contribution in [2.75, 3.05) is 92.8 Å². The minimum atomic E-state index is -1.55. The molecule has 20 nitrogen and oxygen atoms in total. The number of carboxylic acid groups (broad SMARTS) is 2. The van der Waals surface area contributed by atoms with E-state index in [0.29, 0.717) is 129 Å². The Morgan fingerprint density at radius 1 is 0.504 bits per heavy atom. The molecule has 4 amide bonds. The maximum absolute atomic E-state index is 13.4. The van der Waals surface area contributed by atoms with Crippen LogP contribution in [0.4, 0.5) is 52.7 Å². The topological polar surface area (TPSA) is 260 Å². The van der Waals surface area contributed by atoms with Crippen molar-refractivity contribution in [1.29, 1.82) is 5.26 Å². The second-order valence-corrected chi connectivity index (χ2v) is 31.6. The van der Waals surface area contributed by atoms with Gasteiger partial charge in [0.25, 0.3) is 0 Å². The van der Waals surface area contributed by atoms with E-state index in [9.17, 15) is 96.1 Å². The predicted molar refractivity (Wildman–Crippen MR) is 434 cm³/mol. The van der Waals surface area contributed by atoms with Crippen molar-refractivity contribution >= 4 is 115 Å². The zero-order chi connectivity index (χ0) is 88.7. The van der Waals surface area contributed by atoms with Crippen LogP contribution in [-0.4, -0.2) is 196 Å². The number of aromatic nitrogens is 1. The molecule has 12 rings (SSSR count). The predicted octanol–water partition coefficient (Wildman–Crippen LogP) is 16.5. The van der Waals surface area contributed by atoms with Crippen LogP contribution in [0.2, 0.25) is 0 Å². The van der Waals surface area contributed by atoms with Crippen LogP contribution in [-0.2, 0) is 52.6 Å². The number of H-pyrrole nitrogens is 1. The normalized spacial score (nSPS) is 17.8. The number of carbonyl (C=O) groups is 8. The Kier molecular flexibility index (Phi) is 39.3. The van der Waals surface area contributed by atoms with Gasteiger partial charge >= 0.3 is 23.9 Å². The van der Waals surface area contributed by atoms with E-state index in [0.717, 1.165) is 92.7 Å². The first kappa shape index (κ1) is 98.0. The van der Waals surface area contributed by atoms with Crippen molar-refractivity contribution in [2.45, 2.75) is 119 Å². The molecule has 0 spiro atoms. The molecule has 6 saturated heterocycles. The van der Waals surface area contributed by atoms with Gasteiger partial charge in [-0.1, -0.05) is 50.1 Å². The Bertz CT molecular complexity index is 4620. The number of nitriles is 1. The van der Waals surface area contributed by atoms with Crippen LogP contribution < -0.4 is 0 Å².